The van der Waals surface area contributed by atoms with Gasteiger partial charge in [-0.05, 0) is 86.6 Å². The number of halogens is 6. The first-order chi connectivity index (χ1) is 14.1. The van der Waals surface area contributed by atoms with E-state index < -0.39 is 29.6 Å². The molecular weight excluding hydrogens is 402 g/mol. The highest BCUT2D eigenvalue weighted by molar-refractivity contribution is 5.64. The van der Waals surface area contributed by atoms with Gasteiger partial charge in [0.25, 0.3) is 0 Å². The molecule has 0 radical (unpaired) electrons. The number of allylic oxidation sites excluding steroid dienone is 2. The van der Waals surface area contributed by atoms with Crippen LogP contribution in [0.2, 0.25) is 0 Å². The van der Waals surface area contributed by atoms with E-state index in [1.807, 2.05) is 31.2 Å². The molecule has 1 saturated carbocycles. The number of hydrogen-bond donors (Lipinski definition) is 0. The SMILES string of the molecule is Cc1ccc(-c2cc(F)c(CCC3CCC(C=C(F)C(F)(F)F)CC3)c(F)c2)cc1. The number of aryl methyl sites for hydroxylation is 1. The maximum atomic E-state index is 14.6. The van der Waals surface area contributed by atoms with Crippen molar-refractivity contribution in [1.29, 1.82) is 0 Å². The van der Waals surface area contributed by atoms with E-state index in [1.165, 1.54) is 12.1 Å². The number of hydrogen-bond acceptors (Lipinski definition) is 0. The average Bonchev–Trinajstić information content (AvgIpc) is 2.68. The van der Waals surface area contributed by atoms with E-state index in [9.17, 15) is 26.3 Å². The average molecular weight is 426 g/mol. The van der Waals surface area contributed by atoms with Crippen molar-refractivity contribution in [3.8, 4) is 11.1 Å². The molecule has 0 aliphatic heterocycles. The third-order valence-electron chi connectivity index (χ3n) is 5.87. The van der Waals surface area contributed by atoms with Gasteiger partial charge in [0, 0.05) is 5.56 Å². The summed E-state index contributed by atoms with van der Waals surface area (Å²) in [6, 6.07) is 10.1. The zero-order valence-electron chi connectivity index (χ0n) is 16.7. The van der Waals surface area contributed by atoms with E-state index in [-0.39, 0.29) is 17.9 Å². The number of rotatable bonds is 5. The highest BCUT2D eigenvalue weighted by Crippen LogP contribution is 2.36. The molecule has 1 fully saturated rings. The van der Waals surface area contributed by atoms with Gasteiger partial charge in [0.2, 0.25) is 0 Å². The van der Waals surface area contributed by atoms with Crippen molar-refractivity contribution in [3.63, 3.8) is 0 Å². The van der Waals surface area contributed by atoms with Crippen LogP contribution in [-0.2, 0) is 6.42 Å². The zero-order valence-corrected chi connectivity index (χ0v) is 16.7. The highest BCUT2D eigenvalue weighted by atomic mass is 19.4. The van der Waals surface area contributed by atoms with E-state index >= 15 is 0 Å². The zero-order chi connectivity index (χ0) is 21.9. The van der Waals surface area contributed by atoms with Gasteiger partial charge in [-0.2, -0.15) is 13.2 Å². The summed E-state index contributed by atoms with van der Waals surface area (Å²) in [5, 5.41) is 0. The lowest BCUT2D eigenvalue weighted by Crippen LogP contribution is -2.16. The van der Waals surface area contributed by atoms with Crippen LogP contribution in [0, 0.1) is 30.4 Å². The van der Waals surface area contributed by atoms with Crippen LogP contribution >= 0.6 is 0 Å². The standard InChI is InChI=1S/C24H24F6/c1-15-2-9-18(10-3-15)19-13-21(25)20(22(26)14-19)11-8-16-4-6-17(7-5-16)12-23(27)24(28,29)30/h2-3,9-10,12-14,16-17H,4-8,11H2,1H3. The van der Waals surface area contributed by atoms with Gasteiger partial charge >= 0.3 is 6.18 Å². The monoisotopic (exact) mass is 426 g/mol. The lowest BCUT2D eigenvalue weighted by molar-refractivity contribution is -0.109. The molecule has 2 aromatic carbocycles. The minimum Gasteiger partial charge on any atom is -0.207 e. The Labute approximate surface area is 172 Å². The van der Waals surface area contributed by atoms with Crippen LogP contribution in [0.3, 0.4) is 0 Å². The molecule has 0 N–H and O–H groups in total. The molecule has 0 amide bonds. The van der Waals surface area contributed by atoms with Crippen LogP contribution in [0.5, 0.6) is 0 Å². The summed E-state index contributed by atoms with van der Waals surface area (Å²) >= 11 is 0. The molecule has 162 valence electrons. The largest absolute Gasteiger partial charge is 0.442 e. The van der Waals surface area contributed by atoms with E-state index in [2.05, 4.69) is 0 Å². The second-order valence-corrected chi connectivity index (χ2v) is 8.12. The Bertz CT molecular complexity index is 864. The van der Waals surface area contributed by atoms with Gasteiger partial charge in [-0.15, -0.1) is 0 Å². The summed E-state index contributed by atoms with van der Waals surface area (Å²) in [6.45, 7) is 1.94. The molecule has 1 aliphatic carbocycles. The fourth-order valence-corrected chi connectivity index (χ4v) is 4.05. The fourth-order valence-electron chi connectivity index (χ4n) is 4.05. The van der Waals surface area contributed by atoms with Crippen LogP contribution in [0.1, 0.15) is 43.2 Å². The van der Waals surface area contributed by atoms with E-state index in [4.69, 9.17) is 0 Å². The Hall–Kier alpha value is -2.24. The molecule has 30 heavy (non-hydrogen) atoms. The smallest absolute Gasteiger partial charge is 0.207 e. The van der Waals surface area contributed by atoms with Crippen LogP contribution < -0.4 is 0 Å². The van der Waals surface area contributed by atoms with Crippen molar-refractivity contribution < 1.29 is 26.3 Å². The summed E-state index contributed by atoms with van der Waals surface area (Å²) in [7, 11) is 0. The van der Waals surface area contributed by atoms with Crippen LogP contribution in [-0.4, -0.2) is 6.18 Å². The van der Waals surface area contributed by atoms with Crippen molar-refractivity contribution in [2.45, 2.75) is 51.6 Å². The summed E-state index contributed by atoms with van der Waals surface area (Å²) < 4.78 is 79.1. The van der Waals surface area contributed by atoms with Crippen LogP contribution in [0.4, 0.5) is 26.3 Å². The summed E-state index contributed by atoms with van der Waals surface area (Å²) in [4.78, 5) is 0. The summed E-state index contributed by atoms with van der Waals surface area (Å²) in [6.07, 6.45) is -1.34. The van der Waals surface area contributed by atoms with Crippen LogP contribution in [0.25, 0.3) is 11.1 Å². The van der Waals surface area contributed by atoms with Gasteiger partial charge in [0.05, 0.1) is 0 Å². The molecule has 2 aromatic rings. The third-order valence-corrected chi connectivity index (χ3v) is 5.87. The van der Waals surface area contributed by atoms with Crippen molar-refractivity contribution in [2.24, 2.45) is 11.8 Å². The Balaban J connectivity index is 1.58. The number of benzene rings is 2. The first kappa shape index (κ1) is 22.4. The Kier molecular flexibility index (Phi) is 6.94. The second kappa shape index (κ2) is 9.27. The minimum atomic E-state index is -4.93. The second-order valence-electron chi connectivity index (χ2n) is 8.12. The maximum absolute atomic E-state index is 14.6. The molecule has 0 atom stereocenters. The first-order valence-corrected chi connectivity index (χ1v) is 10.1. The van der Waals surface area contributed by atoms with Crippen molar-refractivity contribution in [1.82, 2.24) is 0 Å². The lowest BCUT2D eigenvalue weighted by Gasteiger charge is -2.27. The summed E-state index contributed by atoms with van der Waals surface area (Å²) in [5.41, 5.74) is 2.31. The molecule has 6 heteroatoms. The molecule has 0 bridgehead atoms. The lowest BCUT2D eigenvalue weighted by atomic mass is 9.79. The molecule has 0 unspecified atom stereocenters. The van der Waals surface area contributed by atoms with E-state index in [1.54, 1.807) is 0 Å². The van der Waals surface area contributed by atoms with Gasteiger partial charge in [0.15, 0.2) is 5.83 Å². The number of alkyl halides is 3. The molecule has 3 rings (SSSR count). The summed E-state index contributed by atoms with van der Waals surface area (Å²) in [5.74, 6) is -3.49. The fraction of sp³-hybridized carbons (Fsp3) is 0.417. The maximum Gasteiger partial charge on any atom is 0.442 e. The van der Waals surface area contributed by atoms with Crippen molar-refractivity contribution in [2.75, 3.05) is 0 Å². The predicted octanol–water partition coefficient (Wildman–Crippen LogP) is 8.09. The van der Waals surface area contributed by atoms with Crippen molar-refractivity contribution >= 4 is 0 Å². The van der Waals surface area contributed by atoms with Gasteiger partial charge in [0.1, 0.15) is 11.6 Å². The van der Waals surface area contributed by atoms with Crippen molar-refractivity contribution in [3.05, 3.63) is 71.1 Å². The highest BCUT2D eigenvalue weighted by Gasteiger charge is 2.35. The normalized spacial score (nSPS) is 20.4. The Morgan fingerprint density at radius 3 is 2.03 bits per heavy atom. The van der Waals surface area contributed by atoms with Gasteiger partial charge in [-0.1, -0.05) is 29.8 Å². The van der Waals surface area contributed by atoms with Gasteiger partial charge in [-0.25, -0.2) is 13.2 Å². The molecule has 0 nitrogen and oxygen atoms in total. The van der Waals surface area contributed by atoms with Crippen LogP contribution in [0.15, 0.2) is 48.3 Å². The predicted molar refractivity (Wildman–Crippen MR) is 106 cm³/mol. The topological polar surface area (TPSA) is 0 Å². The van der Waals surface area contributed by atoms with Gasteiger partial charge in [-0.3, -0.25) is 0 Å². The molecule has 0 aromatic heterocycles. The Morgan fingerprint density at radius 2 is 1.50 bits per heavy atom. The molecule has 0 spiro atoms. The Morgan fingerprint density at radius 1 is 0.933 bits per heavy atom. The van der Waals surface area contributed by atoms with E-state index in [0.29, 0.717) is 43.7 Å². The molecule has 1 aliphatic rings. The van der Waals surface area contributed by atoms with E-state index in [0.717, 1.165) is 11.1 Å². The van der Waals surface area contributed by atoms with Gasteiger partial charge < -0.3 is 0 Å². The molecular formula is C24H24F6. The molecule has 0 heterocycles. The quantitative estimate of drug-likeness (QED) is 0.424. The first-order valence-electron chi connectivity index (χ1n) is 10.1. The minimum absolute atomic E-state index is 0.0380. The third kappa shape index (κ3) is 5.67. The molecule has 0 saturated heterocycles.